The molecule has 124 valence electrons. The number of fused-ring (bicyclic) bond motifs is 1. The minimum atomic E-state index is -3.21. The summed E-state index contributed by atoms with van der Waals surface area (Å²) in [5.74, 6) is 0.0730. The van der Waals surface area contributed by atoms with E-state index in [1.165, 1.54) is 0 Å². The second-order valence-electron chi connectivity index (χ2n) is 6.40. The standard InChI is InChI=1S/C14H23N3O4S/c1-2-15-14(19)17-7-6-16(13(18)10-4-3-5-10)11-8-22(20,21)9-12(11)17/h10-12H,2-9H2,1H3,(H,15,19)/t11-,12+/m1/s1. The number of amides is 3. The van der Waals surface area contributed by atoms with Crippen molar-refractivity contribution in [3.8, 4) is 0 Å². The molecule has 2 atom stereocenters. The Balaban J connectivity index is 1.81. The zero-order chi connectivity index (χ0) is 15.9. The molecule has 1 saturated carbocycles. The minimum absolute atomic E-state index is 0.0218. The van der Waals surface area contributed by atoms with Crippen molar-refractivity contribution >= 4 is 21.8 Å². The molecule has 3 fully saturated rings. The molecule has 7 nitrogen and oxygen atoms in total. The van der Waals surface area contributed by atoms with Gasteiger partial charge in [0.05, 0.1) is 23.6 Å². The Morgan fingerprint density at radius 1 is 1.09 bits per heavy atom. The first-order valence-corrected chi connectivity index (χ1v) is 9.80. The lowest BCUT2D eigenvalue weighted by molar-refractivity contribution is -0.143. The summed E-state index contributed by atoms with van der Waals surface area (Å²) >= 11 is 0. The van der Waals surface area contributed by atoms with Gasteiger partial charge in [-0.1, -0.05) is 6.42 Å². The van der Waals surface area contributed by atoms with Crippen molar-refractivity contribution in [1.29, 1.82) is 0 Å². The number of nitrogens with zero attached hydrogens (tertiary/aromatic N) is 2. The number of hydrogen-bond donors (Lipinski definition) is 1. The van der Waals surface area contributed by atoms with E-state index >= 15 is 0 Å². The maximum absolute atomic E-state index is 12.5. The molecule has 1 aliphatic carbocycles. The maximum Gasteiger partial charge on any atom is 0.317 e. The number of nitrogens with one attached hydrogen (secondary N) is 1. The van der Waals surface area contributed by atoms with Crippen LogP contribution < -0.4 is 5.32 Å². The van der Waals surface area contributed by atoms with Gasteiger partial charge in [0, 0.05) is 25.6 Å². The smallest absolute Gasteiger partial charge is 0.317 e. The number of piperazine rings is 1. The molecule has 2 aliphatic heterocycles. The highest BCUT2D eigenvalue weighted by molar-refractivity contribution is 7.91. The van der Waals surface area contributed by atoms with Gasteiger partial charge in [0.1, 0.15) is 0 Å². The molecule has 2 heterocycles. The third-order valence-electron chi connectivity index (χ3n) is 5.00. The molecule has 0 bridgehead atoms. The van der Waals surface area contributed by atoms with Gasteiger partial charge in [-0.25, -0.2) is 13.2 Å². The van der Waals surface area contributed by atoms with E-state index in [0.29, 0.717) is 19.6 Å². The quantitative estimate of drug-likeness (QED) is 0.762. The molecule has 2 saturated heterocycles. The average molecular weight is 329 g/mol. The largest absolute Gasteiger partial charge is 0.338 e. The molecule has 3 aliphatic rings. The van der Waals surface area contributed by atoms with Crippen LogP contribution in [0.2, 0.25) is 0 Å². The van der Waals surface area contributed by atoms with Crippen molar-refractivity contribution < 1.29 is 18.0 Å². The van der Waals surface area contributed by atoms with Gasteiger partial charge < -0.3 is 15.1 Å². The highest BCUT2D eigenvalue weighted by Crippen LogP contribution is 2.33. The Bertz CT molecular complexity index is 573. The summed E-state index contributed by atoms with van der Waals surface area (Å²) in [4.78, 5) is 28.0. The third-order valence-corrected chi connectivity index (χ3v) is 6.70. The van der Waals surface area contributed by atoms with Crippen molar-refractivity contribution in [2.75, 3.05) is 31.1 Å². The number of carbonyl (C=O) groups is 2. The predicted molar refractivity (Wildman–Crippen MR) is 81.1 cm³/mol. The summed E-state index contributed by atoms with van der Waals surface area (Å²) in [6.45, 7) is 3.17. The first-order valence-electron chi connectivity index (χ1n) is 7.98. The van der Waals surface area contributed by atoms with E-state index in [1.807, 2.05) is 6.92 Å². The van der Waals surface area contributed by atoms with E-state index in [9.17, 15) is 18.0 Å². The number of urea groups is 1. The SMILES string of the molecule is CCNC(=O)N1CCN(C(=O)C2CCC2)[C@@H]2CS(=O)(=O)C[C@@H]21. The average Bonchev–Trinajstić information content (AvgIpc) is 2.70. The summed E-state index contributed by atoms with van der Waals surface area (Å²) in [6.07, 6.45) is 2.88. The van der Waals surface area contributed by atoms with Crippen molar-refractivity contribution in [2.45, 2.75) is 38.3 Å². The Hall–Kier alpha value is -1.31. The molecule has 22 heavy (non-hydrogen) atoms. The van der Waals surface area contributed by atoms with Crippen LogP contribution in [0.4, 0.5) is 4.79 Å². The van der Waals surface area contributed by atoms with Gasteiger partial charge in [-0.2, -0.15) is 0 Å². The van der Waals surface area contributed by atoms with Gasteiger partial charge in [0.15, 0.2) is 9.84 Å². The monoisotopic (exact) mass is 329 g/mol. The van der Waals surface area contributed by atoms with Crippen LogP contribution in [0.15, 0.2) is 0 Å². The lowest BCUT2D eigenvalue weighted by atomic mass is 9.83. The van der Waals surface area contributed by atoms with Gasteiger partial charge in [0.2, 0.25) is 5.91 Å². The Labute approximate surface area is 130 Å². The van der Waals surface area contributed by atoms with Gasteiger partial charge in [0.25, 0.3) is 0 Å². The van der Waals surface area contributed by atoms with Gasteiger partial charge in [-0.05, 0) is 19.8 Å². The van der Waals surface area contributed by atoms with Crippen molar-refractivity contribution in [1.82, 2.24) is 15.1 Å². The Morgan fingerprint density at radius 3 is 2.23 bits per heavy atom. The molecule has 0 unspecified atom stereocenters. The molecule has 3 rings (SSSR count). The van der Waals surface area contributed by atoms with Crippen LogP contribution in [-0.2, 0) is 14.6 Å². The summed E-state index contributed by atoms with van der Waals surface area (Å²) in [6, 6.07) is -1.02. The highest BCUT2D eigenvalue weighted by Gasteiger charge is 2.50. The van der Waals surface area contributed by atoms with E-state index in [-0.39, 0.29) is 35.4 Å². The minimum Gasteiger partial charge on any atom is -0.338 e. The highest BCUT2D eigenvalue weighted by atomic mass is 32.2. The van der Waals surface area contributed by atoms with Crippen LogP contribution in [-0.4, -0.2) is 73.4 Å². The first-order chi connectivity index (χ1) is 10.4. The lowest BCUT2D eigenvalue weighted by Crippen LogP contribution is -2.64. The van der Waals surface area contributed by atoms with E-state index in [1.54, 1.807) is 9.80 Å². The molecule has 0 aromatic heterocycles. The molecule has 0 radical (unpaired) electrons. The third kappa shape index (κ3) is 2.68. The van der Waals surface area contributed by atoms with E-state index in [0.717, 1.165) is 19.3 Å². The van der Waals surface area contributed by atoms with Crippen LogP contribution in [0.25, 0.3) is 0 Å². The summed E-state index contributed by atoms with van der Waals surface area (Å²) < 4.78 is 24.1. The zero-order valence-electron chi connectivity index (χ0n) is 12.8. The fourth-order valence-electron chi connectivity index (χ4n) is 3.62. The van der Waals surface area contributed by atoms with Crippen LogP contribution in [0.1, 0.15) is 26.2 Å². The molecule has 0 aromatic carbocycles. The molecule has 3 amide bonds. The van der Waals surface area contributed by atoms with Gasteiger partial charge in [-0.15, -0.1) is 0 Å². The van der Waals surface area contributed by atoms with Crippen LogP contribution in [0.3, 0.4) is 0 Å². The number of hydrogen-bond acceptors (Lipinski definition) is 4. The molecule has 1 N–H and O–H groups in total. The molecule has 0 aromatic rings. The van der Waals surface area contributed by atoms with Crippen molar-refractivity contribution in [3.63, 3.8) is 0 Å². The number of sulfone groups is 1. The zero-order valence-corrected chi connectivity index (χ0v) is 13.6. The van der Waals surface area contributed by atoms with Crippen LogP contribution in [0, 0.1) is 5.92 Å². The second kappa shape index (κ2) is 5.72. The summed E-state index contributed by atoms with van der Waals surface area (Å²) in [7, 11) is -3.21. The van der Waals surface area contributed by atoms with Crippen molar-refractivity contribution in [3.05, 3.63) is 0 Å². The topological polar surface area (TPSA) is 86.8 Å². The lowest BCUT2D eigenvalue weighted by Gasteiger charge is -2.45. The van der Waals surface area contributed by atoms with Crippen molar-refractivity contribution in [2.24, 2.45) is 5.92 Å². The Kier molecular flexibility index (Phi) is 4.05. The fourth-order valence-corrected chi connectivity index (χ4v) is 5.60. The van der Waals surface area contributed by atoms with Crippen LogP contribution in [0.5, 0.6) is 0 Å². The second-order valence-corrected chi connectivity index (χ2v) is 8.55. The van der Waals surface area contributed by atoms with E-state index in [4.69, 9.17) is 0 Å². The summed E-state index contributed by atoms with van der Waals surface area (Å²) in [5.41, 5.74) is 0. The first kappa shape index (κ1) is 15.6. The molecular weight excluding hydrogens is 306 g/mol. The number of carbonyl (C=O) groups excluding carboxylic acids is 2. The molecule has 0 spiro atoms. The van der Waals surface area contributed by atoms with Crippen LogP contribution >= 0.6 is 0 Å². The fraction of sp³-hybridized carbons (Fsp3) is 0.857. The predicted octanol–water partition coefficient (Wildman–Crippen LogP) is -0.174. The molecular formula is C14H23N3O4S. The van der Waals surface area contributed by atoms with E-state index < -0.39 is 15.9 Å². The Morgan fingerprint density at radius 2 is 1.68 bits per heavy atom. The normalized spacial score (nSPS) is 30.6. The summed E-state index contributed by atoms with van der Waals surface area (Å²) in [5, 5.41) is 2.73. The van der Waals surface area contributed by atoms with E-state index in [2.05, 4.69) is 5.32 Å². The number of rotatable bonds is 2. The van der Waals surface area contributed by atoms with Gasteiger partial charge in [-0.3, -0.25) is 4.79 Å². The van der Waals surface area contributed by atoms with Gasteiger partial charge >= 0.3 is 6.03 Å². The maximum atomic E-state index is 12.5. The molecule has 8 heteroatoms.